The van der Waals surface area contributed by atoms with E-state index in [0.29, 0.717) is 13.2 Å². The molecule has 3 N–H and O–H groups in total. The molecule has 0 amide bonds. The smallest absolute Gasteiger partial charge is 0.165 e. The molecule has 114 valence electrons. The van der Waals surface area contributed by atoms with Crippen molar-refractivity contribution in [1.29, 1.82) is 0 Å². The van der Waals surface area contributed by atoms with E-state index in [4.69, 9.17) is 10.5 Å². The number of rotatable bonds is 8. The standard InChI is InChI=1S/C15H23N5O/c1-20-11-17-19-15(20)13-7-3-4-8-14(13)18-12(10-21-2)6-5-9-16/h3-4,7-8,11-12,18H,5-6,9-10,16H2,1-2H3. The maximum atomic E-state index is 5.60. The normalized spacial score (nSPS) is 12.3. The predicted octanol–water partition coefficient (Wildman–Crippen LogP) is 1.65. The number of benzene rings is 1. The average Bonchev–Trinajstić information content (AvgIpc) is 2.91. The van der Waals surface area contributed by atoms with Crippen LogP contribution in [0.1, 0.15) is 12.8 Å². The van der Waals surface area contributed by atoms with Gasteiger partial charge >= 0.3 is 0 Å². The lowest BCUT2D eigenvalue weighted by Crippen LogP contribution is -2.26. The number of anilines is 1. The van der Waals surface area contributed by atoms with E-state index in [1.807, 2.05) is 29.8 Å². The van der Waals surface area contributed by atoms with E-state index >= 15 is 0 Å². The van der Waals surface area contributed by atoms with E-state index in [1.165, 1.54) is 0 Å². The van der Waals surface area contributed by atoms with Crippen molar-refractivity contribution < 1.29 is 4.74 Å². The molecule has 0 spiro atoms. The van der Waals surface area contributed by atoms with Gasteiger partial charge in [0.25, 0.3) is 0 Å². The summed E-state index contributed by atoms with van der Waals surface area (Å²) in [4.78, 5) is 0. The van der Waals surface area contributed by atoms with Gasteiger partial charge in [0.1, 0.15) is 6.33 Å². The van der Waals surface area contributed by atoms with Crippen molar-refractivity contribution in [2.75, 3.05) is 25.6 Å². The molecule has 0 saturated heterocycles. The first-order chi connectivity index (χ1) is 10.3. The second-order valence-corrected chi connectivity index (χ2v) is 5.04. The molecule has 1 unspecified atom stereocenters. The molecule has 0 aliphatic rings. The minimum absolute atomic E-state index is 0.230. The van der Waals surface area contributed by atoms with Gasteiger partial charge in [-0.25, -0.2) is 0 Å². The lowest BCUT2D eigenvalue weighted by molar-refractivity contribution is 0.182. The first-order valence-corrected chi connectivity index (χ1v) is 7.15. The zero-order valence-corrected chi connectivity index (χ0v) is 12.6. The van der Waals surface area contributed by atoms with E-state index < -0.39 is 0 Å². The fourth-order valence-corrected chi connectivity index (χ4v) is 2.31. The first kappa shape index (κ1) is 15.5. The van der Waals surface area contributed by atoms with Crippen molar-refractivity contribution in [2.24, 2.45) is 12.8 Å². The minimum atomic E-state index is 0.230. The molecule has 0 aliphatic heterocycles. The molecule has 6 nitrogen and oxygen atoms in total. The van der Waals surface area contributed by atoms with Crippen molar-refractivity contribution in [2.45, 2.75) is 18.9 Å². The Balaban J connectivity index is 2.21. The molecular formula is C15H23N5O. The SMILES string of the molecule is COCC(CCCN)Nc1ccccc1-c1nncn1C. The largest absolute Gasteiger partial charge is 0.383 e. The zero-order valence-electron chi connectivity index (χ0n) is 12.6. The Morgan fingerprint density at radius 3 is 2.86 bits per heavy atom. The summed E-state index contributed by atoms with van der Waals surface area (Å²) in [6.07, 6.45) is 3.64. The molecular weight excluding hydrogens is 266 g/mol. The average molecular weight is 289 g/mol. The van der Waals surface area contributed by atoms with Crippen molar-refractivity contribution in [1.82, 2.24) is 14.8 Å². The molecule has 6 heteroatoms. The second-order valence-electron chi connectivity index (χ2n) is 5.04. The third-order valence-electron chi connectivity index (χ3n) is 3.36. The molecule has 0 saturated carbocycles. The lowest BCUT2D eigenvalue weighted by atomic mass is 10.1. The highest BCUT2D eigenvalue weighted by Crippen LogP contribution is 2.26. The Hall–Kier alpha value is -1.92. The van der Waals surface area contributed by atoms with Crippen LogP contribution < -0.4 is 11.1 Å². The monoisotopic (exact) mass is 289 g/mol. The van der Waals surface area contributed by atoms with Gasteiger partial charge in [0.2, 0.25) is 0 Å². The Kier molecular flexibility index (Phi) is 5.71. The van der Waals surface area contributed by atoms with Gasteiger partial charge in [-0.2, -0.15) is 0 Å². The van der Waals surface area contributed by atoms with Gasteiger partial charge in [-0.1, -0.05) is 12.1 Å². The topological polar surface area (TPSA) is 78.0 Å². The molecule has 0 radical (unpaired) electrons. The van der Waals surface area contributed by atoms with Crippen LogP contribution in [0.5, 0.6) is 0 Å². The fraction of sp³-hybridized carbons (Fsp3) is 0.467. The summed E-state index contributed by atoms with van der Waals surface area (Å²) in [7, 11) is 3.65. The first-order valence-electron chi connectivity index (χ1n) is 7.15. The Labute approximate surface area is 125 Å². The third kappa shape index (κ3) is 4.03. The fourth-order valence-electron chi connectivity index (χ4n) is 2.31. The van der Waals surface area contributed by atoms with Crippen LogP contribution in [0.2, 0.25) is 0 Å². The molecule has 0 bridgehead atoms. The van der Waals surface area contributed by atoms with E-state index in [9.17, 15) is 0 Å². The number of aromatic nitrogens is 3. The van der Waals surface area contributed by atoms with E-state index in [1.54, 1.807) is 13.4 Å². The van der Waals surface area contributed by atoms with Crippen LogP contribution >= 0.6 is 0 Å². The van der Waals surface area contributed by atoms with Crippen LogP contribution in [0, 0.1) is 0 Å². The van der Waals surface area contributed by atoms with E-state index in [-0.39, 0.29) is 6.04 Å². The quantitative estimate of drug-likeness (QED) is 0.772. The molecule has 21 heavy (non-hydrogen) atoms. The maximum absolute atomic E-state index is 5.60. The summed E-state index contributed by atoms with van der Waals surface area (Å²) in [6.45, 7) is 1.33. The number of hydrogen-bond donors (Lipinski definition) is 2. The van der Waals surface area contributed by atoms with Gasteiger partial charge in [-0.15, -0.1) is 10.2 Å². The highest BCUT2D eigenvalue weighted by atomic mass is 16.5. The highest BCUT2D eigenvalue weighted by Gasteiger charge is 2.13. The molecule has 2 rings (SSSR count). The van der Waals surface area contributed by atoms with Crippen molar-refractivity contribution in [3.05, 3.63) is 30.6 Å². The Bertz CT molecular complexity index is 555. The van der Waals surface area contributed by atoms with Gasteiger partial charge < -0.3 is 20.4 Å². The van der Waals surface area contributed by atoms with Crippen LogP contribution in [0.3, 0.4) is 0 Å². The lowest BCUT2D eigenvalue weighted by Gasteiger charge is -2.20. The number of nitrogens with two attached hydrogens (primary N) is 1. The second kappa shape index (κ2) is 7.75. The van der Waals surface area contributed by atoms with Gasteiger partial charge in [0.05, 0.1) is 6.61 Å². The number of para-hydroxylation sites is 1. The summed E-state index contributed by atoms with van der Waals surface area (Å²) < 4.78 is 7.20. The molecule has 0 aliphatic carbocycles. The third-order valence-corrected chi connectivity index (χ3v) is 3.36. The molecule has 1 aromatic heterocycles. The Morgan fingerprint density at radius 1 is 1.38 bits per heavy atom. The summed E-state index contributed by atoms with van der Waals surface area (Å²) in [5, 5.41) is 11.7. The Morgan fingerprint density at radius 2 is 2.19 bits per heavy atom. The predicted molar refractivity (Wildman–Crippen MR) is 84.0 cm³/mol. The number of methoxy groups -OCH3 is 1. The van der Waals surface area contributed by atoms with Gasteiger partial charge in [-0.3, -0.25) is 0 Å². The summed E-state index contributed by atoms with van der Waals surface area (Å²) in [5.41, 5.74) is 7.67. The molecule has 0 fully saturated rings. The van der Waals surface area contributed by atoms with E-state index in [0.717, 1.165) is 29.9 Å². The number of nitrogens with one attached hydrogen (secondary N) is 1. The summed E-state index contributed by atoms with van der Waals surface area (Å²) in [5.74, 6) is 0.841. The van der Waals surface area contributed by atoms with Crippen molar-refractivity contribution >= 4 is 5.69 Å². The van der Waals surface area contributed by atoms with Crippen molar-refractivity contribution in [3.8, 4) is 11.4 Å². The van der Waals surface area contributed by atoms with Crippen LogP contribution in [0.25, 0.3) is 11.4 Å². The van der Waals surface area contributed by atoms with E-state index in [2.05, 4.69) is 21.6 Å². The van der Waals surface area contributed by atoms with Crippen molar-refractivity contribution in [3.63, 3.8) is 0 Å². The zero-order chi connectivity index (χ0) is 15.1. The molecule has 1 heterocycles. The molecule has 1 atom stereocenters. The molecule has 1 aromatic carbocycles. The van der Waals surface area contributed by atoms with Crippen LogP contribution in [-0.4, -0.2) is 41.1 Å². The molecule has 2 aromatic rings. The van der Waals surface area contributed by atoms with Gasteiger partial charge in [-0.05, 0) is 31.5 Å². The van der Waals surface area contributed by atoms with Gasteiger partial charge in [0, 0.05) is 31.5 Å². The highest BCUT2D eigenvalue weighted by molar-refractivity contribution is 5.73. The van der Waals surface area contributed by atoms with Crippen LogP contribution in [0.4, 0.5) is 5.69 Å². The maximum Gasteiger partial charge on any atom is 0.165 e. The van der Waals surface area contributed by atoms with Crippen LogP contribution in [-0.2, 0) is 11.8 Å². The number of nitrogens with zero attached hydrogens (tertiary/aromatic N) is 3. The number of ether oxygens (including phenoxy) is 1. The van der Waals surface area contributed by atoms with Crippen LogP contribution in [0.15, 0.2) is 30.6 Å². The number of aryl methyl sites for hydroxylation is 1. The number of hydrogen-bond acceptors (Lipinski definition) is 5. The summed E-state index contributed by atoms with van der Waals surface area (Å²) >= 11 is 0. The van der Waals surface area contributed by atoms with Gasteiger partial charge in [0.15, 0.2) is 5.82 Å². The summed E-state index contributed by atoms with van der Waals surface area (Å²) in [6, 6.07) is 8.33. The minimum Gasteiger partial charge on any atom is -0.383 e.